The highest BCUT2D eigenvalue weighted by molar-refractivity contribution is 7.12. The fraction of sp³-hybridized carbons (Fsp3) is 0.333. The van der Waals surface area contributed by atoms with E-state index in [1.807, 2.05) is 40.6 Å². The third-order valence-electron chi connectivity index (χ3n) is 4.02. The number of thiophene rings is 1. The number of nitrogens with zero attached hydrogens (tertiary/aromatic N) is 1. The van der Waals surface area contributed by atoms with Gasteiger partial charge in [0, 0.05) is 24.3 Å². The summed E-state index contributed by atoms with van der Waals surface area (Å²) in [5.41, 5.74) is 2.90. The van der Waals surface area contributed by atoms with E-state index in [0.717, 1.165) is 42.7 Å². The van der Waals surface area contributed by atoms with E-state index in [9.17, 15) is 9.59 Å². The Morgan fingerprint density at radius 3 is 2.91 bits per heavy atom. The van der Waals surface area contributed by atoms with Gasteiger partial charge in [-0.15, -0.1) is 11.3 Å². The van der Waals surface area contributed by atoms with Gasteiger partial charge in [-0.3, -0.25) is 9.59 Å². The van der Waals surface area contributed by atoms with Gasteiger partial charge in [-0.05, 0) is 48.1 Å². The number of rotatable bonds is 5. The van der Waals surface area contributed by atoms with Crippen LogP contribution in [0, 0.1) is 0 Å². The summed E-state index contributed by atoms with van der Waals surface area (Å²) < 4.78 is 0. The molecule has 0 saturated carbocycles. The molecule has 2 aromatic rings. The van der Waals surface area contributed by atoms with Crippen LogP contribution in [0.3, 0.4) is 0 Å². The second-order valence-corrected chi connectivity index (χ2v) is 6.62. The standard InChI is InChI=1S/C18H20N2O2S/c1-2-3-10-20-15-8-7-14(12-13(15)6-9-17(20)21)19-18(22)16-5-4-11-23-16/h4-5,7-8,11-12H,2-3,6,9-10H2,1H3,(H,19,22). The molecule has 2 heterocycles. The van der Waals surface area contributed by atoms with Crippen LogP contribution < -0.4 is 10.2 Å². The molecule has 4 nitrogen and oxygen atoms in total. The maximum Gasteiger partial charge on any atom is 0.265 e. The summed E-state index contributed by atoms with van der Waals surface area (Å²) in [6.07, 6.45) is 3.34. The van der Waals surface area contributed by atoms with E-state index in [4.69, 9.17) is 0 Å². The summed E-state index contributed by atoms with van der Waals surface area (Å²) in [4.78, 5) is 26.9. The average molecular weight is 328 g/mol. The number of unbranched alkanes of at least 4 members (excludes halogenated alkanes) is 1. The van der Waals surface area contributed by atoms with Crippen LogP contribution in [0.4, 0.5) is 11.4 Å². The number of anilines is 2. The molecule has 2 amide bonds. The van der Waals surface area contributed by atoms with Crippen molar-refractivity contribution in [2.24, 2.45) is 0 Å². The number of hydrogen-bond donors (Lipinski definition) is 1. The van der Waals surface area contributed by atoms with Crippen molar-refractivity contribution in [3.8, 4) is 0 Å². The van der Waals surface area contributed by atoms with Crippen molar-refractivity contribution in [2.45, 2.75) is 32.6 Å². The minimum absolute atomic E-state index is 0.0883. The summed E-state index contributed by atoms with van der Waals surface area (Å²) >= 11 is 1.42. The number of amides is 2. The highest BCUT2D eigenvalue weighted by atomic mass is 32.1. The van der Waals surface area contributed by atoms with Gasteiger partial charge in [0.15, 0.2) is 0 Å². The van der Waals surface area contributed by atoms with E-state index in [0.29, 0.717) is 11.3 Å². The van der Waals surface area contributed by atoms with Gasteiger partial charge in [-0.25, -0.2) is 0 Å². The van der Waals surface area contributed by atoms with E-state index in [1.54, 1.807) is 0 Å². The molecule has 5 heteroatoms. The number of hydrogen-bond acceptors (Lipinski definition) is 3. The molecule has 0 aliphatic carbocycles. The van der Waals surface area contributed by atoms with Gasteiger partial charge in [0.2, 0.25) is 5.91 Å². The predicted octanol–water partition coefficient (Wildman–Crippen LogP) is 4.08. The quantitative estimate of drug-likeness (QED) is 0.899. The fourth-order valence-corrected chi connectivity index (χ4v) is 3.42. The number of nitrogens with one attached hydrogen (secondary N) is 1. The Morgan fingerprint density at radius 1 is 1.30 bits per heavy atom. The van der Waals surface area contributed by atoms with Gasteiger partial charge in [-0.2, -0.15) is 0 Å². The highest BCUT2D eigenvalue weighted by Gasteiger charge is 2.23. The van der Waals surface area contributed by atoms with Gasteiger partial charge < -0.3 is 10.2 Å². The van der Waals surface area contributed by atoms with Crippen LogP contribution in [-0.4, -0.2) is 18.4 Å². The zero-order valence-electron chi connectivity index (χ0n) is 13.2. The van der Waals surface area contributed by atoms with E-state index in [1.165, 1.54) is 11.3 Å². The molecular formula is C18H20N2O2S. The molecule has 0 atom stereocenters. The van der Waals surface area contributed by atoms with E-state index >= 15 is 0 Å². The van der Waals surface area contributed by atoms with Crippen LogP contribution in [0.1, 0.15) is 41.4 Å². The number of fused-ring (bicyclic) bond motifs is 1. The van der Waals surface area contributed by atoms with Crippen LogP contribution in [-0.2, 0) is 11.2 Å². The van der Waals surface area contributed by atoms with Gasteiger partial charge in [0.05, 0.1) is 4.88 Å². The smallest absolute Gasteiger partial charge is 0.265 e. The first kappa shape index (κ1) is 15.7. The predicted molar refractivity (Wildman–Crippen MR) is 94.3 cm³/mol. The Kier molecular flexibility index (Phi) is 4.76. The van der Waals surface area contributed by atoms with Gasteiger partial charge in [0.1, 0.15) is 0 Å². The average Bonchev–Trinajstić information content (AvgIpc) is 3.09. The zero-order chi connectivity index (χ0) is 16.2. The van der Waals surface area contributed by atoms with Crippen molar-refractivity contribution in [1.29, 1.82) is 0 Å². The second-order valence-electron chi connectivity index (χ2n) is 5.67. The summed E-state index contributed by atoms with van der Waals surface area (Å²) in [5, 5.41) is 4.82. The van der Waals surface area contributed by atoms with Crippen molar-refractivity contribution < 1.29 is 9.59 Å². The minimum Gasteiger partial charge on any atom is -0.321 e. The summed E-state index contributed by atoms with van der Waals surface area (Å²) in [7, 11) is 0. The Bertz CT molecular complexity index is 710. The van der Waals surface area contributed by atoms with Crippen molar-refractivity contribution >= 4 is 34.5 Å². The largest absolute Gasteiger partial charge is 0.321 e. The zero-order valence-corrected chi connectivity index (χ0v) is 14.0. The number of carbonyl (C=O) groups is 2. The van der Waals surface area contributed by atoms with Crippen LogP contribution in [0.2, 0.25) is 0 Å². The molecule has 1 N–H and O–H groups in total. The van der Waals surface area contributed by atoms with Crippen molar-refractivity contribution in [2.75, 3.05) is 16.8 Å². The Hall–Kier alpha value is -2.14. The van der Waals surface area contributed by atoms with Crippen molar-refractivity contribution in [3.05, 3.63) is 46.2 Å². The van der Waals surface area contributed by atoms with Crippen LogP contribution in [0.25, 0.3) is 0 Å². The second kappa shape index (κ2) is 6.96. The molecule has 23 heavy (non-hydrogen) atoms. The van der Waals surface area contributed by atoms with E-state index in [-0.39, 0.29) is 11.8 Å². The lowest BCUT2D eigenvalue weighted by Crippen LogP contribution is -2.35. The first-order chi connectivity index (χ1) is 11.2. The molecule has 1 aromatic carbocycles. The lowest BCUT2D eigenvalue weighted by molar-refractivity contribution is -0.118. The maximum absolute atomic E-state index is 12.1. The fourth-order valence-electron chi connectivity index (χ4n) is 2.80. The molecule has 0 bridgehead atoms. The van der Waals surface area contributed by atoms with Crippen LogP contribution in [0.15, 0.2) is 35.7 Å². The molecule has 0 unspecified atom stereocenters. The molecule has 0 radical (unpaired) electrons. The molecule has 120 valence electrons. The van der Waals surface area contributed by atoms with Crippen molar-refractivity contribution in [3.63, 3.8) is 0 Å². The van der Waals surface area contributed by atoms with E-state index < -0.39 is 0 Å². The topological polar surface area (TPSA) is 49.4 Å². The monoisotopic (exact) mass is 328 g/mol. The summed E-state index contributed by atoms with van der Waals surface area (Å²) in [6.45, 7) is 2.89. The number of aryl methyl sites for hydroxylation is 1. The van der Waals surface area contributed by atoms with Crippen molar-refractivity contribution in [1.82, 2.24) is 0 Å². The molecule has 1 aliphatic heterocycles. The maximum atomic E-state index is 12.1. The normalized spacial score (nSPS) is 13.8. The first-order valence-corrected chi connectivity index (χ1v) is 8.85. The van der Waals surface area contributed by atoms with Crippen LogP contribution >= 0.6 is 11.3 Å². The molecule has 3 rings (SSSR count). The highest BCUT2D eigenvalue weighted by Crippen LogP contribution is 2.30. The molecule has 1 aromatic heterocycles. The molecule has 1 aliphatic rings. The number of carbonyl (C=O) groups excluding carboxylic acids is 2. The minimum atomic E-state index is -0.0883. The third-order valence-corrected chi connectivity index (χ3v) is 4.89. The van der Waals surface area contributed by atoms with Crippen LogP contribution in [0.5, 0.6) is 0 Å². The SMILES string of the molecule is CCCCN1C(=O)CCc2cc(NC(=O)c3cccs3)ccc21. The van der Waals surface area contributed by atoms with Gasteiger partial charge >= 0.3 is 0 Å². The molecule has 0 spiro atoms. The Labute approximate surface area is 140 Å². The Morgan fingerprint density at radius 2 is 2.17 bits per heavy atom. The van der Waals surface area contributed by atoms with Gasteiger partial charge in [0.25, 0.3) is 5.91 Å². The van der Waals surface area contributed by atoms with Gasteiger partial charge in [-0.1, -0.05) is 19.4 Å². The first-order valence-electron chi connectivity index (χ1n) is 7.97. The summed E-state index contributed by atoms with van der Waals surface area (Å²) in [5.74, 6) is 0.107. The molecular weight excluding hydrogens is 308 g/mol. The number of benzene rings is 1. The lowest BCUT2D eigenvalue weighted by atomic mass is 10.00. The summed E-state index contributed by atoms with van der Waals surface area (Å²) in [6, 6.07) is 9.49. The third kappa shape index (κ3) is 3.45. The lowest BCUT2D eigenvalue weighted by Gasteiger charge is -2.29. The van der Waals surface area contributed by atoms with E-state index in [2.05, 4.69) is 12.2 Å². The molecule has 0 fully saturated rings. The Balaban J connectivity index is 1.79. The molecule has 0 saturated heterocycles.